The van der Waals surface area contributed by atoms with Gasteiger partial charge in [-0.2, -0.15) is 5.10 Å². The normalized spacial score (nSPS) is 17.1. The summed E-state index contributed by atoms with van der Waals surface area (Å²) < 4.78 is 1.79. The van der Waals surface area contributed by atoms with Crippen LogP contribution in [0.25, 0.3) is 0 Å². The molecule has 0 saturated heterocycles. The van der Waals surface area contributed by atoms with Gasteiger partial charge in [0.25, 0.3) is 0 Å². The van der Waals surface area contributed by atoms with Crippen LogP contribution in [0.4, 0.5) is 5.69 Å². The summed E-state index contributed by atoms with van der Waals surface area (Å²) in [5.41, 5.74) is 0.843. The van der Waals surface area contributed by atoms with Crippen LogP contribution in [0.15, 0.2) is 11.2 Å². The molecular weight excluding hydrogens is 234 g/mol. The van der Waals surface area contributed by atoms with Crippen molar-refractivity contribution in [2.45, 2.75) is 37.1 Å². The maximum absolute atomic E-state index is 12.1. The number of aromatic nitrogens is 2. The SMILES string of the molecule is CSc1c(NC(=O)C2CCCCC2)cnn1C. The molecule has 0 unspecified atom stereocenters. The molecule has 0 aromatic carbocycles. The van der Waals surface area contributed by atoms with E-state index in [4.69, 9.17) is 0 Å². The first-order valence-corrected chi connectivity index (χ1v) is 7.31. The molecule has 1 N–H and O–H groups in total. The van der Waals surface area contributed by atoms with Gasteiger partial charge >= 0.3 is 0 Å². The van der Waals surface area contributed by atoms with Crippen molar-refractivity contribution in [2.24, 2.45) is 13.0 Å². The number of hydrogen-bond donors (Lipinski definition) is 1. The number of carbonyl (C=O) groups excluding carboxylic acids is 1. The highest BCUT2D eigenvalue weighted by Gasteiger charge is 2.22. The molecule has 0 spiro atoms. The van der Waals surface area contributed by atoms with Gasteiger partial charge in [-0.15, -0.1) is 11.8 Å². The maximum Gasteiger partial charge on any atom is 0.227 e. The molecule has 17 heavy (non-hydrogen) atoms. The Morgan fingerprint density at radius 3 is 2.82 bits per heavy atom. The second kappa shape index (κ2) is 5.58. The van der Waals surface area contributed by atoms with Gasteiger partial charge in [-0.25, -0.2) is 0 Å². The molecule has 2 rings (SSSR count). The lowest BCUT2D eigenvalue weighted by Gasteiger charge is -2.20. The summed E-state index contributed by atoms with van der Waals surface area (Å²) in [6, 6.07) is 0. The molecule has 0 aliphatic heterocycles. The van der Waals surface area contributed by atoms with Crippen LogP contribution in [0.3, 0.4) is 0 Å². The van der Waals surface area contributed by atoms with Crippen LogP contribution < -0.4 is 5.32 Å². The highest BCUT2D eigenvalue weighted by Crippen LogP contribution is 2.28. The van der Waals surface area contributed by atoms with E-state index in [1.807, 2.05) is 13.3 Å². The molecular formula is C12H19N3OS. The molecule has 0 radical (unpaired) electrons. The van der Waals surface area contributed by atoms with E-state index in [1.54, 1.807) is 22.6 Å². The van der Waals surface area contributed by atoms with E-state index in [9.17, 15) is 4.79 Å². The number of anilines is 1. The molecule has 94 valence electrons. The quantitative estimate of drug-likeness (QED) is 0.842. The Labute approximate surface area is 106 Å². The number of rotatable bonds is 3. The molecule has 1 aromatic heterocycles. The van der Waals surface area contributed by atoms with Crippen molar-refractivity contribution in [2.75, 3.05) is 11.6 Å². The predicted octanol–water partition coefficient (Wildman–Crippen LogP) is 2.66. The zero-order valence-corrected chi connectivity index (χ0v) is 11.2. The first-order chi connectivity index (χ1) is 8.22. The molecule has 1 saturated carbocycles. The summed E-state index contributed by atoms with van der Waals surface area (Å²) in [6.07, 6.45) is 9.41. The van der Waals surface area contributed by atoms with Crippen LogP contribution in [0, 0.1) is 5.92 Å². The lowest BCUT2D eigenvalue weighted by molar-refractivity contribution is -0.120. The van der Waals surface area contributed by atoms with E-state index in [-0.39, 0.29) is 11.8 Å². The van der Waals surface area contributed by atoms with Crippen molar-refractivity contribution in [3.63, 3.8) is 0 Å². The Hall–Kier alpha value is -0.970. The molecule has 1 aliphatic rings. The van der Waals surface area contributed by atoms with Crippen molar-refractivity contribution in [3.05, 3.63) is 6.20 Å². The summed E-state index contributed by atoms with van der Waals surface area (Å²) >= 11 is 1.60. The second-order valence-corrected chi connectivity index (χ2v) is 5.31. The fourth-order valence-corrected chi connectivity index (χ4v) is 2.99. The Kier molecular flexibility index (Phi) is 4.10. The van der Waals surface area contributed by atoms with E-state index in [1.165, 1.54) is 19.3 Å². The van der Waals surface area contributed by atoms with E-state index in [0.29, 0.717) is 0 Å². The van der Waals surface area contributed by atoms with Crippen molar-refractivity contribution in [3.8, 4) is 0 Å². The zero-order valence-electron chi connectivity index (χ0n) is 10.4. The summed E-state index contributed by atoms with van der Waals surface area (Å²) in [6.45, 7) is 0. The van der Waals surface area contributed by atoms with Gasteiger partial charge in [0.15, 0.2) is 0 Å². The fraction of sp³-hybridized carbons (Fsp3) is 0.667. The van der Waals surface area contributed by atoms with Gasteiger partial charge in [-0.05, 0) is 19.1 Å². The van der Waals surface area contributed by atoms with E-state index in [0.717, 1.165) is 23.6 Å². The number of thioether (sulfide) groups is 1. The molecule has 1 aromatic rings. The van der Waals surface area contributed by atoms with Crippen LogP contribution in [0.1, 0.15) is 32.1 Å². The van der Waals surface area contributed by atoms with Gasteiger partial charge in [-0.3, -0.25) is 9.48 Å². The molecule has 1 amide bonds. The highest BCUT2D eigenvalue weighted by atomic mass is 32.2. The van der Waals surface area contributed by atoms with Gasteiger partial charge in [0.05, 0.1) is 11.9 Å². The first kappa shape index (κ1) is 12.5. The first-order valence-electron chi connectivity index (χ1n) is 6.09. The van der Waals surface area contributed by atoms with E-state index < -0.39 is 0 Å². The smallest absolute Gasteiger partial charge is 0.227 e. The molecule has 4 nitrogen and oxygen atoms in total. The number of nitrogens with zero attached hydrogens (tertiary/aromatic N) is 2. The third-order valence-electron chi connectivity index (χ3n) is 3.31. The minimum Gasteiger partial charge on any atom is -0.322 e. The average Bonchev–Trinajstić information content (AvgIpc) is 2.71. The summed E-state index contributed by atoms with van der Waals surface area (Å²) in [5.74, 6) is 0.353. The third-order valence-corrected chi connectivity index (χ3v) is 4.18. The highest BCUT2D eigenvalue weighted by molar-refractivity contribution is 7.98. The summed E-state index contributed by atoms with van der Waals surface area (Å²) in [4.78, 5) is 12.1. The second-order valence-electron chi connectivity index (χ2n) is 4.52. The van der Waals surface area contributed by atoms with Gasteiger partial charge in [-0.1, -0.05) is 19.3 Å². The Morgan fingerprint density at radius 2 is 2.18 bits per heavy atom. The third kappa shape index (κ3) is 2.83. The van der Waals surface area contributed by atoms with Crippen LogP contribution in [0.5, 0.6) is 0 Å². The molecule has 5 heteroatoms. The Balaban J connectivity index is 2.01. The van der Waals surface area contributed by atoms with Crippen LogP contribution >= 0.6 is 11.8 Å². The van der Waals surface area contributed by atoms with Crippen LogP contribution in [0.2, 0.25) is 0 Å². The Bertz CT molecular complexity index is 396. The lowest BCUT2D eigenvalue weighted by Crippen LogP contribution is -2.24. The van der Waals surface area contributed by atoms with Crippen molar-refractivity contribution < 1.29 is 4.79 Å². The largest absolute Gasteiger partial charge is 0.322 e. The van der Waals surface area contributed by atoms with Crippen LogP contribution in [-0.2, 0) is 11.8 Å². The fourth-order valence-electron chi connectivity index (χ4n) is 2.35. The maximum atomic E-state index is 12.1. The number of nitrogens with one attached hydrogen (secondary N) is 1. The molecule has 0 atom stereocenters. The van der Waals surface area contributed by atoms with Crippen LogP contribution in [-0.4, -0.2) is 21.9 Å². The number of amides is 1. The van der Waals surface area contributed by atoms with Crippen molar-refractivity contribution >= 4 is 23.4 Å². The Morgan fingerprint density at radius 1 is 1.47 bits per heavy atom. The number of hydrogen-bond acceptors (Lipinski definition) is 3. The minimum absolute atomic E-state index is 0.160. The van der Waals surface area contributed by atoms with Gasteiger partial charge in [0.1, 0.15) is 5.03 Å². The number of aryl methyl sites for hydroxylation is 1. The molecule has 1 aliphatic carbocycles. The van der Waals surface area contributed by atoms with Gasteiger partial charge < -0.3 is 5.32 Å². The van der Waals surface area contributed by atoms with E-state index >= 15 is 0 Å². The predicted molar refractivity (Wildman–Crippen MR) is 70.2 cm³/mol. The summed E-state index contributed by atoms with van der Waals surface area (Å²) in [5, 5.41) is 8.18. The van der Waals surface area contributed by atoms with Crippen molar-refractivity contribution in [1.82, 2.24) is 9.78 Å². The molecule has 1 fully saturated rings. The van der Waals surface area contributed by atoms with Gasteiger partial charge in [0, 0.05) is 13.0 Å². The van der Waals surface area contributed by atoms with E-state index in [2.05, 4.69) is 10.4 Å². The van der Waals surface area contributed by atoms with Gasteiger partial charge in [0.2, 0.25) is 5.91 Å². The topological polar surface area (TPSA) is 46.9 Å². The molecule has 1 heterocycles. The monoisotopic (exact) mass is 253 g/mol. The molecule has 0 bridgehead atoms. The summed E-state index contributed by atoms with van der Waals surface area (Å²) in [7, 11) is 1.89. The minimum atomic E-state index is 0.160. The average molecular weight is 253 g/mol. The lowest BCUT2D eigenvalue weighted by atomic mass is 9.89. The standard InChI is InChI=1S/C12H19N3OS/c1-15-12(17-2)10(8-13-15)14-11(16)9-6-4-3-5-7-9/h8-9H,3-7H2,1-2H3,(H,14,16). The van der Waals surface area contributed by atoms with Crippen molar-refractivity contribution in [1.29, 1.82) is 0 Å². The number of carbonyl (C=O) groups is 1. The zero-order chi connectivity index (χ0) is 12.3.